The van der Waals surface area contributed by atoms with Gasteiger partial charge in [0.2, 0.25) is 5.91 Å². The Balaban J connectivity index is 0.00000243. The number of hydrogen-bond donors (Lipinski definition) is 1. The molecular formula is C20H26ClN3O2. The summed E-state index contributed by atoms with van der Waals surface area (Å²) in [5.41, 5.74) is 0.795. The Morgan fingerprint density at radius 2 is 1.58 bits per heavy atom. The van der Waals surface area contributed by atoms with Crippen LogP contribution in [0.1, 0.15) is 6.42 Å². The number of amides is 1. The lowest BCUT2D eigenvalue weighted by molar-refractivity contribution is -0.116. The Morgan fingerprint density at radius 3 is 2.23 bits per heavy atom. The van der Waals surface area contributed by atoms with Crippen LogP contribution >= 0.6 is 12.4 Å². The van der Waals surface area contributed by atoms with Crippen LogP contribution in [0.3, 0.4) is 0 Å². The molecule has 0 aromatic heterocycles. The van der Waals surface area contributed by atoms with Crippen LogP contribution in [0.2, 0.25) is 0 Å². The van der Waals surface area contributed by atoms with Crippen molar-refractivity contribution in [3.05, 3.63) is 54.6 Å². The minimum Gasteiger partial charge on any atom is -0.457 e. The van der Waals surface area contributed by atoms with Crippen LogP contribution in [0, 0.1) is 0 Å². The third-order valence-electron chi connectivity index (χ3n) is 4.37. The van der Waals surface area contributed by atoms with E-state index in [0.29, 0.717) is 6.42 Å². The Labute approximate surface area is 161 Å². The number of piperazine rings is 1. The van der Waals surface area contributed by atoms with Crippen LogP contribution in [0.15, 0.2) is 54.6 Å². The molecule has 1 saturated heterocycles. The third kappa shape index (κ3) is 6.33. The number of rotatable bonds is 6. The van der Waals surface area contributed by atoms with Crippen molar-refractivity contribution >= 4 is 24.0 Å². The zero-order valence-corrected chi connectivity index (χ0v) is 15.9. The standard InChI is InChI=1S/C20H25N3O2.ClH/c1-22-13-15-23(16-14-22)12-11-20(24)21-17-7-9-19(10-8-17)25-18-5-3-2-4-6-18;/h2-10H,11-16H2,1H3,(H,21,24);1H. The first-order valence-electron chi connectivity index (χ1n) is 8.73. The molecule has 1 aliphatic rings. The fourth-order valence-corrected chi connectivity index (χ4v) is 2.79. The van der Waals surface area contributed by atoms with Gasteiger partial charge in [-0.25, -0.2) is 0 Å². The zero-order chi connectivity index (χ0) is 17.5. The number of carbonyl (C=O) groups excluding carboxylic acids is 1. The topological polar surface area (TPSA) is 44.8 Å². The number of nitrogens with zero attached hydrogens (tertiary/aromatic N) is 2. The second-order valence-electron chi connectivity index (χ2n) is 6.38. The predicted molar refractivity (Wildman–Crippen MR) is 107 cm³/mol. The first-order chi connectivity index (χ1) is 12.2. The van der Waals surface area contributed by atoms with E-state index in [4.69, 9.17) is 4.74 Å². The second kappa shape index (κ2) is 10.2. The predicted octanol–water partition coefficient (Wildman–Crippen LogP) is 3.48. The molecule has 0 unspecified atom stereocenters. The van der Waals surface area contributed by atoms with Crippen LogP contribution in [-0.2, 0) is 4.79 Å². The summed E-state index contributed by atoms with van der Waals surface area (Å²) in [6.07, 6.45) is 0.520. The van der Waals surface area contributed by atoms with E-state index >= 15 is 0 Å². The fourth-order valence-electron chi connectivity index (χ4n) is 2.79. The van der Waals surface area contributed by atoms with Crippen LogP contribution < -0.4 is 10.1 Å². The molecule has 3 rings (SSSR count). The van der Waals surface area contributed by atoms with Crippen LogP contribution in [0.5, 0.6) is 11.5 Å². The van der Waals surface area contributed by atoms with E-state index in [1.165, 1.54) is 0 Å². The van der Waals surface area contributed by atoms with Gasteiger partial charge in [0, 0.05) is 44.8 Å². The van der Waals surface area contributed by atoms with E-state index in [2.05, 4.69) is 22.2 Å². The monoisotopic (exact) mass is 375 g/mol. The van der Waals surface area contributed by atoms with Crippen molar-refractivity contribution < 1.29 is 9.53 Å². The highest BCUT2D eigenvalue weighted by Gasteiger charge is 2.14. The van der Waals surface area contributed by atoms with Crippen molar-refractivity contribution in [1.29, 1.82) is 0 Å². The van der Waals surface area contributed by atoms with Gasteiger partial charge in [-0.15, -0.1) is 12.4 Å². The number of ether oxygens (including phenoxy) is 1. The molecule has 0 bridgehead atoms. The highest BCUT2D eigenvalue weighted by molar-refractivity contribution is 5.90. The summed E-state index contributed by atoms with van der Waals surface area (Å²) in [5.74, 6) is 1.60. The van der Waals surface area contributed by atoms with Gasteiger partial charge in [0.05, 0.1) is 0 Å². The summed E-state index contributed by atoms with van der Waals surface area (Å²) in [6, 6.07) is 17.1. The minimum atomic E-state index is 0. The molecule has 0 radical (unpaired) electrons. The van der Waals surface area contributed by atoms with Gasteiger partial charge >= 0.3 is 0 Å². The molecule has 1 amide bonds. The molecule has 6 heteroatoms. The van der Waals surface area contributed by atoms with Gasteiger partial charge in [-0.3, -0.25) is 4.79 Å². The third-order valence-corrected chi connectivity index (χ3v) is 4.37. The molecule has 140 valence electrons. The van der Waals surface area contributed by atoms with Crippen LogP contribution in [0.25, 0.3) is 0 Å². The Bertz CT molecular complexity index is 671. The lowest BCUT2D eigenvalue weighted by Gasteiger charge is -2.32. The molecular weight excluding hydrogens is 350 g/mol. The van der Waals surface area contributed by atoms with Crippen molar-refractivity contribution in [3.63, 3.8) is 0 Å². The number of benzene rings is 2. The molecule has 2 aromatic carbocycles. The zero-order valence-electron chi connectivity index (χ0n) is 15.1. The summed E-state index contributed by atoms with van der Waals surface area (Å²) in [7, 11) is 2.13. The van der Waals surface area contributed by atoms with Crippen molar-refractivity contribution in [2.45, 2.75) is 6.42 Å². The van der Waals surface area contributed by atoms with E-state index in [1.807, 2.05) is 54.6 Å². The molecule has 0 atom stereocenters. The number of nitrogens with one attached hydrogen (secondary N) is 1. The van der Waals surface area contributed by atoms with E-state index in [1.54, 1.807) is 0 Å². The summed E-state index contributed by atoms with van der Waals surface area (Å²) < 4.78 is 5.75. The van der Waals surface area contributed by atoms with Crippen LogP contribution in [0.4, 0.5) is 5.69 Å². The van der Waals surface area contributed by atoms with E-state index in [-0.39, 0.29) is 18.3 Å². The second-order valence-corrected chi connectivity index (χ2v) is 6.38. The lowest BCUT2D eigenvalue weighted by Crippen LogP contribution is -2.45. The molecule has 1 heterocycles. The molecule has 26 heavy (non-hydrogen) atoms. The van der Waals surface area contributed by atoms with E-state index < -0.39 is 0 Å². The average molecular weight is 376 g/mol. The quantitative estimate of drug-likeness (QED) is 0.839. The number of likely N-dealkylation sites (N-methyl/N-ethyl adjacent to an activating group) is 1. The maximum Gasteiger partial charge on any atom is 0.225 e. The highest BCUT2D eigenvalue weighted by Crippen LogP contribution is 2.22. The first-order valence-corrected chi connectivity index (χ1v) is 8.73. The molecule has 0 spiro atoms. The Morgan fingerprint density at radius 1 is 0.962 bits per heavy atom. The number of hydrogen-bond acceptors (Lipinski definition) is 4. The van der Waals surface area contributed by atoms with Crippen molar-refractivity contribution in [2.75, 3.05) is 45.1 Å². The van der Waals surface area contributed by atoms with Crippen molar-refractivity contribution in [1.82, 2.24) is 9.80 Å². The van der Waals surface area contributed by atoms with Gasteiger partial charge in [0.1, 0.15) is 11.5 Å². The maximum absolute atomic E-state index is 12.1. The normalized spacial score (nSPS) is 15.1. The summed E-state index contributed by atoms with van der Waals surface area (Å²) in [4.78, 5) is 16.8. The number of halogens is 1. The summed E-state index contributed by atoms with van der Waals surface area (Å²) in [5, 5.41) is 2.95. The number of anilines is 1. The molecule has 0 aliphatic carbocycles. The van der Waals surface area contributed by atoms with Crippen LogP contribution in [-0.4, -0.2) is 55.5 Å². The van der Waals surface area contributed by atoms with Gasteiger partial charge < -0.3 is 19.9 Å². The molecule has 2 aromatic rings. The smallest absolute Gasteiger partial charge is 0.225 e. The van der Waals surface area contributed by atoms with E-state index in [9.17, 15) is 4.79 Å². The Hall–Kier alpha value is -2.08. The average Bonchev–Trinajstić information content (AvgIpc) is 2.64. The van der Waals surface area contributed by atoms with Gasteiger partial charge in [0.15, 0.2) is 0 Å². The minimum absolute atomic E-state index is 0. The van der Waals surface area contributed by atoms with Gasteiger partial charge in [-0.05, 0) is 43.4 Å². The molecule has 0 saturated carbocycles. The summed E-state index contributed by atoms with van der Waals surface area (Å²) >= 11 is 0. The molecule has 1 N–H and O–H groups in total. The molecule has 5 nitrogen and oxygen atoms in total. The van der Waals surface area contributed by atoms with Gasteiger partial charge in [-0.1, -0.05) is 18.2 Å². The maximum atomic E-state index is 12.1. The molecule has 1 aliphatic heterocycles. The summed E-state index contributed by atoms with van der Waals surface area (Å²) in [6.45, 7) is 5.04. The fraction of sp³-hybridized carbons (Fsp3) is 0.350. The van der Waals surface area contributed by atoms with Crippen molar-refractivity contribution in [2.24, 2.45) is 0 Å². The van der Waals surface area contributed by atoms with Gasteiger partial charge in [0.25, 0.3) is 0 Å². The van der Waals surface area contributed by atoms with E-state index in [0.717, 1.165) is 49.9 Å². The Kier molecular flexibility index (Phi) is 7.91. The number of para-hydroxylation sites is 1. The largest absolute Gasteiger partial charge is 0.457 e. The highest BCUT2D eigenvalue weighted by atomic mass is 35.5. The molecule has 1 fully saturated rings. The first kappa shape index (κ1) is 20.2. The SMILES string of the molecule is CN1CCN(CCC(=O)Nc2ccc(Oc3ccccc3)cc2)CC1.Cl. The van der Waals surface area contributed by atoms with Crippen molar-refractivity contribution in [3.8, 4) is 11.5 Å². The lowest BCUT2D eigenvalue weighted by atomic mass is 10.2. The van der Waals surface area contributed by atoms with Gasteiger partial charge in [-0.2, -0.15) is 0 Å². The number of carbonyl (C=O) groups is 1.